The van der Waals surface area contributed by atoms with Crippen LogP contribution >= 0.6 is 0 Å². The van der Waals surface area contributed by atoms with Crippen molar-refractivity contribution in [3.05, 3.63) is 11.5 Å². The van der Waals surface area contributed by atoms with Gasteiger partial charge in [0.05, 0.1) is 13.7 Å². The van der Waals surface area contributed by atoms with E-state index in [-0.39, 0.29) is 0 Å². The van der Waals surface area contributed by atoms with Crippen LogP contribution in [-0.2, 0) is 9.53 Å². The van der Waals surface area contributed by atoms with Crippen LogP contribution in [0.4, 0.5) is 0 Å². The van der Waals surface area contributed by atoms with E-state index < -0.39 is 54.6 Å². The molecule has 5 atom stereocenters. The van der Waals surface area contributed by atoms with E-state index in [1.807, 2.05) is 0 Å². The monoisotopic (exact) mass is 298 g/mol. The Morgan fingerprint density at radius 1 is 1.00 bits per heavy atom. The number of esters is 1. The Morgan fingerprint density at radius 2 is 1.50 bits per heavy atom. The molecule has 20 heavy (non-hydrogen) atoms. The fourth-order valence-electron chi connectivity index (χ4n) is 1.23. The molecule has 0 amide bonds. The highest BCUT2D eigenvalue weighted by atomic mass is 16.5. The molecule has 1 unspecified atom stereocenters. The van der Waals surface area contributed by atoms with E-state index >= 15 is 0 Å². The van der Waals surface area contributed by atoms with E-state index in [1.165, 1.54) is 0 Å². The van der Waals surface area contributed by atoms with Gasteiger partial charge in [0.25, 0.3) is 0 Å². The van der Waals surface area contributed by atoms with E-state index in [0.29, 0.717) is 0 Å². The fraction of sp³-hybridized carbons (Fsp3) is 0.700. The topological polar surface area (TPSA) is 188 Å². The van der Waals surface area contributed by atoms with Gasteiger partial charge in [0.2, 0.25) is 5.76 Å². The summed E-state index contributed by atoms with van der Waals surface area (Å²) in [5.41, 5.74) is 0. The predicted octanol–water partition coefficient (Wildman–Crippen LogP) is -3.72. The second-order valence-corrected chi connectivity index (χ2v) is 3.89. The molecule has 0 heterocycles. The number of aliphatic hydroxyl groups excluding tert-OH is 8. The van der Waals surface area contributed by atoms with Crippen LogP contribution in [0, 0.1) is 0 Å². The summed E-state index contributed by atoms with van der Waals surface area (Å²) in [6, 6.07) is 0. The number of carbonyl (C=O) groups is 1. The molecule has 0 aromatic heterocycles. The molecule has 10 nitrogen and oxygen atoms in total. The first-order valence-electron chi connectivity index (χ1n) is 5.40. The van der Waals surface area contributed by atoms with Gasteiger partial charge < -0.3 is 45.6 Å². The molecule has 0 radical (unpaired) electrons. The lowest BCUT2D eigenvalue weighted by Crippen LogP contribution is -2.50. The van der Waals surface area contributed by atoms with Crippen molar-refractivity contribution in [1.29, 1.82) is 0 Å². The van der Waals surface area contributed by atoms with Gasteiger partial charge in [0, 0.05) is 0 Å². The number of rotatable bonds is 7. The zero-order valence-corrected chi connectivity index (χ0v) is 10.5. The van der Waals surface area contributed by atoms with Crippen molar-refractivity contribution >= 4 is 5.97 Å². The number of ether oxygens (including phenoxy) is 1. The Hall–Kier alpha value is -1.43. The highest BCUT2D eigenvalue weighted by molar-refractivity contribution is 5.86. The van der Waals surface area contributed by atoms with Crippen molar-refractivity contribution in [2.45, 2.75) is 30.5 Å². The standard InChI is InChI=1S/C10H18O10/c1-20-10(19)9(18)8(17)7(16)6(15)5(14)4(13)3(12)2-11/h3-7,11-18H,2H2,1H3/b9-8+/t3?,4-,5+,6+,7-/m1/s1. The molecule has 0 bridgehead atoms. The molecule has 0 aliphatic heterocycles. The maximum atomic E-state index is 10.9. The van der Waals surface area contributed by atoms with E-state index in [0.717, 1.165) is 7.11 Å². The second-order valence-electron chi connectivity index (χ2n) is 3.89. The number of carbonyl (C=O) groups excluding carboxylic acids is 1. The summed E-state index contributed by atoms with van der Waals surface area (Å²) < 4.78 is 4.04. The van der Waals surface area contributed by atoms with Gasteiger partial charge in [-0.3, -0.25) is 0 Å². The van der Waals surface area contributed by atoms with Gasteiger partial charge in [0.15, 0.2) is 5.76 Å². The molecule has 0 aromatic carbocycles. The quantitative estimate of drug-likeness (QED) is 0.132. The molecule has 0 aliphatic carbocycles. The Morgan fingerprint density at radius 3 is 1.90 bits per heavy atom. The third kappa shape index (κ3) is 4.30. The summed E-state index contributed by atoms with van der Waals surface area (Å²) in [6.07, 6.45) is -10.6. The average Bonchev–Trinajstić information content (AvgIpc) is 2.48. The molecule has 118 valence electrons. The second kappa shape index (κ2) is 7.99. The first-order chi connectivity index (χ1) is 9.18. The summed E-state index contributed by atoms with van der Waals surface area (Å²) in [7, 11) is 0.880. The maximum absolute atomic E-state index is 10.9. The molecule has 0 rings (SSSR count). The van der Waals surface area contributed by atoms with Crippen molar-refractivity contribution in [3.63, 3.8) is 0 Å². The van der Waals surface area contributed by atoms with Gasteiger partial charge in [-0.25, -0.2) is 4.79 Å². The highest BCUT2D eigenvalue weighted by Crippen LogP contribution is 2.15. The smallest absolute Gasteiger partial charge is 0.376 e. The number of methoxy groups -OCH3 is 1. The normalized spacial score (nSPS) is 20.4. The number of hydrogen-bond acceptors (Lipinski definition) is 10. The SMILES string of the molecule is COC(=O)/C(O)=C(\O)[C@H](O)[C@@H](O)[C@@H](O)[C@H](O)C(O)CO. The van der Waals surface area contributed by atoms with E-state index in [2.05, 4.69) is 4.74 Å². The fourth-order valence-corrected chi connectivity index (χ4v) is 1.23. The van der Waals surface area contributed by atoms with Gasteiger partial charge in [0.1, 0.15) is 30.5 Å². The van der Waals surface area contributed by atoms with Gasteiger partial charge in [-0.2, -0.15) is 0 Å². The third-order valence-corrected chi connectivity index (χ3v) is 2.51. The van der Waals surface area contributed by atoms with Crippen molar-refractivity contribution in [2.75, 3.05) is 13.7 Å². The molecule has 0 aliphatic rings. The van der Waals surface area contributed by atoms with Gasteiger partial charge in [-0.15, -0.1) is 0 Å². The third-order valence-electron chi connectivity index (χ3n) is 2.51. The van der Waals surface area contributed by atoms with Crippen LogP contribution < -0.4 is 0 Å². The molecular formula is C10H18O10. The van der Waals surface area contributed by atoms with Gasteiger partial charge in [-0.1, -0.05) is 0 Å². The average molecular weight is 298 g/mol. The molecule has 0 spiro atoms. The molecule has 8 N–H and O–H groups in total. The van der Waals surface area contributed by atoms with Crippen LogP contribution in [0.15, 0.2) is 11.5 Å². The van der Waals surface area contributed by atoms with E-state index in [4.69, 9.17) is 15.3 Å². The summed E-state index contributed by atoms with van der Waals surface area (Å²) >= 11 is 0. The lowest BCUT2D eigenvalue weighted by atomic mass is 9.98. The molecule has 0 saturated heterocycles. The van der Waals surface area contributed by atoms with Crippen molar-refractivity contribution in [1.82, 2.24) is 0 Å². The maximum Gasteiger partial charge on any atom is 0.376 e. The lowest BCUT2D eigenvalue weighted by Gasteiger charge is -2.28. The van der Waals surface area contributed by atoms with Gasteiger partial charge >= 0.3 is 5.97 Å². The highest BCUT2D eigenvalue weighted by Gasteiger charge is 2.37. The predicted molar refractivity (Wildman–Crippen MR) is 61.4 cm³/mol. The van der Waals surface area contributed by atoms with Crippen LogP contribution in [0.25, 0.3) is 0 Å². The molecule has 0 fully saturated rings. The van der Waals surface area contributed by atoms with Crippen LogP contribution in [0.5, 0.6) is 0 Å². The zero-order valence-electron chi connectivity index (χ0n) is 10.5. The van der Waals surface area contributed by atoms with E-state index in [1.54, 1.807) is 0 Å². The van der Waals surface area contributed by atoms with Crippen LogP contribution in [0.2, 0.25) is 0 Å². The summed E-state index contributed by atoms with van der Waals surface area (Å²) in [6.45, 7) is -0.934. The molecule has 0 aromatic rings. The lowest BCUT2D eigenvalue weighted by molar-refractivity contribution is -0.143. The Kier molecular flexibility index (Phi) is 7.42. The van der Waals surface area contributed by atoms with Gasteiger partial charge in [-0.05, 0) is 0 Å². The summed E-state index contributed by atoms with van der Waals surface area (Å²) in [5, 5.41) is 73.7. The minimum absolute atomic E-state index is 0.880. The Bertz CT molecular complexity index is 354. The molecular weight excluding hydrogens is 280 g/mol. The molecule has 0 saturated carbocycles. The first kappa shape index (κ1) is 18.6. The molecule has 10 heteroatoms. The number of aliphatic hydroxyl groups is 8. The van der Waals surface area contributed by atoms with Crippen molar-refractivity contribution in [2.24, 2.45) is 0 Å². The minimum Gasteiger partial charge on any atom is -0.506 e. The Balaban J connectivity index is 5.01. The van der Waals surface area contributed by atoms with Crippen LogP contribution in [-0.4, -0.2) is 91.1 Å². The van der Waals surface area contributed by atoms with Crippen molar-refractivity contribution in [3.8, 4) is 0 Å². The minimum atomic E-state index is -2.34. The van der Waals surface area contributed by atoms with Crippen LogP contribution in [0.1, 0.15) is 0 Å². The first-order valence-corrected chi connectivity index (χ1v) is 5.40. The zero-order chi connectivity index (χ0) is 16.0. The van der Waals surface area contributed by atoms with E-state index in [9.17, 15) is 30.3 Å². The van der Waals surface area contributed by atoms with Crippen LogP contribution in [0.3, 0.4) is 0 Å². The largest absolute Gasteiger partial charge is 0.506 e. The summed E-state index contributed by atoms with van der Waals surface area (Å²) in [4.78, 5) is 10.9. The van der Waals surface area contributed by atoms with Crippen molar-refractivity contribution < 1.29 is 50.4 Å². The Labute approximate surface area is 113 Å². The summed E-state index contributed by atoms with van der Waals surface area (Å²) in [5.74, 6) is -4.20. The number of hydrogen-bond donors (Lipinski definition) is 8.